The lowest BCUT2D eigenvalue weighted by Crippen LogP contribution is -2.40. The number of aromatic hydroxyl groups is 1. The van der Waals surface area contributed by atoms with Gasteiger partial charge in [-0.25, -0.2) is 0 Å². The quantitative estimate of drug-likeness (QED) is 0.822. The smallest absolute Gasteiger partial charge is 0.115 e. The summed E-state index contributed by atoms with van der Waals surface area (Å²) in [6.45, 7) is 3.97. The molecule has 1 aromatic carbocycles. The number of phenols is 1. The van der Waals surface area contributed by atoms with Gasteiger partial charge < -0.3 is 5.11 Å². The summed E-state index contributed by atoms with van der Waals surface area (Å²) >= 11 is 0. The third kappa shape index (κ3) is 2.86. The third-order valence-corrected chi connectivity index (χ3v) is 3.71. The molecule has 0 saturated heterocycles. The molecule has 1 unspecified atom stereocenters. The van der Waals surface area contributed by atoms with Gasteiger partial charge in [-0.15, -0.1) is 6.42 Å². The lowest BCUT2D eigenvalue weighted by molar-refractivity contribution is 0.202. The van der Waals surface area contributed by atoms with Crippen molar-refractivity contribution in [3.05, 3.63) is 29.3 Å². The summed E-state index contributed by atoms with van der Waals surface area (Å²) in [7, 11) is 0. The maximum atomic E-state index is 9.57. The highest BCUT2D eigenvalue weighted by molar-refractivity contribution is 5.37. The summed E-state index contributed by atoms with van der Waals surface area (Å²) in [5.41, 5.74) is 2.66. The van der Waals surface area contributed by atoms with Gasteiger partial charge >= 0.3 is 0 Å². The molecule has 2 nitrogen and oxygen atoms in total. The van der Waals surface area contributed by atoms with Crippen LogP contribution in [0.1, 0.15) is 30.9 Å². The van der Waals surface area contributed by atoms with E-state index in [9.17, 15) is 5.11 Å². The first kappa shape index (κ1) is 13.0. The Bertz CT molecular complexity index is 447. The Labute approximate surface area is 110 Å². The van der Waals surface area contributed by atoms with Crippen LogP contribution in [0.5, 0.6) is 5.75 Å². The normalized spacial score (nSPS) is 18.4. The van der Waals surface area contributed by atoms with Crippen molar-refractivity contribution in [2.45, 2.75) is 38.6 Å². The number of rotatable bonds is 4. The summed E-state index contributed by atoms with van der Waals surface area (Å²) in [5.74, 6) is 3.13. The predicted octanol–water partition coefficient (Wildman–Crippen LogP) is 2.59. The number of phenolic OH excluding ortho intramolecular Hbond substituents is 1. The van der Waals surface area contributed by atoms with Crippen LogP contribution in [-0.4, -0.2) is 29.1 Å². The molecule has 0 saturated carbocycles. The first-order valence-corrected chi connectivity index (χ1v) is 6.73. The summed E-state index contributed by atoms with van der Waals surface area (Å²) in [6.07, 6.45) is 9.84. The Morgan fingerprint density at radius 3 is 3.00 bits per heavy atom. The molecule has 1 aliphatic rings. The van der Waals surface area contributed by atoms with Gasteiger partial charge in [-0.3, -0.25) is 4.90 Å². The van der Waals surface area contributed by atoms with E-state index < -0.39 is 0 Å². The molecule has 1 N–H and O–H groups in total. The third-order valence-electron chi connectivity index (χ3n) is 3.71. The lowest BCUT2D eigenvalue weighted by atomic mass is 9.87. The fourth-order valence-electron chi connectivity index (χ4n) is 2.83. The molecule has 1 atom stereocenters. The fraction of sp³-hybridized carbons (Fsp3) is 0.500. The summed E-state index contributed by atoms with van der Waals surface area (Å²) in [5, 5.41) is 9.57. The van der Waals surface area contributed by atoms with Gasteiger partial charge in [0.15, 0.2) is 0 Å². The highest BCUT2D eigenvalue weighted by atomic mass is 16.3. The second-order valence-corrected chi connectivity index (χ2v) is 5.02. The molecule has 18 heavy (non-hydrogen) atoms. The van der Waals surface area contributed by atoms with E-state index in [-0.39, 0.29) is 0 Å². The van der Waals surface area contributed by atoms with E-state index >= 15 is 0 Å². The largest absolute Gasteiger partial charge is 0.508 e. The number of terminal acetylenes is 1. The van der Waals surface area contributed by atoms with Gasteiger partial charge in [0.1, 0.15) is 5.75 Å². The van der Waals surface area contributed by atoms with E-state index in [4.69, 9.17) is 6.42 Å². The summed E-state index contributed by atoms with van der Waals surface area (Å²) < 4.78 is 0. The number of benzene rings is 1. The molecule has 2 heteroatoms. The molecular formula is C16H21NO. The van der Waals surface area contributed by atoms with Crippen molar-refractivity contribution in [3.8, 4) is 18.1 Å². The zero-order chi connectivity index (χ0) is 13.0. The van der Waals surface area contributed by atoms with Crippen molar-refractivity contribution in [1.29, 1.82) is 0 Å². The van der Waals surface area contributed by atoms with Gasteiger partial charge in [0.2, 0.25) is 0 Å². The van der Waals surface area contributed by atoms with Crippen molar-refractivity contribution < 1.29 is 5.11 Å². The van der Waals surface area contributed by atoms with Crippen molar-refractivity contribution in [2.24, 2.45) is 0 Å². The molecule has 96 valence electrons. The first-order valence-electron chi connectivity index (χ1n) is 6.73. The molecule has 0 heterocycles. The van der Waals surface area contributed by atoms with Gasteiger partial charge in [0, 0.05) is 6.04 Å². The molecule has 0 radical (unpaired) electrons. The van der Waals surface area contributed by atoms with E-state index in [1.165, 1.54) is 17.5 Å². The van der Waals surface area contributed by atoms with Crippen molar-refractivity contribution in [1.82, 2.24) is 4.90 Å². The van der Waals surface area contributed by atoms with Crippen molar-refractivity contribution in [3.63, 3.8) is 0 Å². The number of fused-ring (bicyclic) bond motifs is 1. The molecule has 0 amide bonds. The lowest BCUT2D eigenvalue weighted by Gasteiger charge is -2.34. The summed E-state index contributed by atoms with van der Waals surface area (Å²) in [6, 6.07) is 6.26. The van der Waals surface area contributed by atoms with Crippen LogP contribution in [0.2, 0.25) is 0 Å². The Morgan fingerprint density at radius 1 is 1.44 bits per heavy atom. The standard InChI is InChI=1S/C16H21NO/c1-3-9-17(10-4-2)15-7-5-13-6-8-16(18)12-14(13)11-15/h1,6,8,12,15,18H,4-5,7,9-11H2,2H3. The number of hydrogen-bond donors (Lipinski definition) is 1. The average molecular weight is 243 g/mol. The number of hydrogen-bond acceptors (Lipinski definition) is 2. The number of aryl methyl sites for hydroxylation is 1. The van der Waals surface area contributed by atoms with Gasteiger partial charge in [0.25, 0.3) is 0 Å². The molecule has 1 aromatic rings. The topological polar surface area (TPSA) is 23.5 Å². The molecule has 0 bridgehead atoms. The van der Waals surface area contributed by atoms with Crippen molar-refractivity contribution >= 4 is 0 Å². The van der Waals surface area contributed by atoms with Crippen LogP contribution >= 0.6 is 0 Å². The highest BCUT2D eigenvalue weighted by Gasteiger charge is 2.23. The molecule has 0 fully saturated rings. The van der Waals surface area contributed by atoms with Crippen LogP contribution in [0.3, 0.4) is 0 Å². The van der Waals surface area contributed by atoms with Crippen LogP contribution in [0.4, 0.5) is 0 Å². The Kier molecular flexibility index (Phi) is 4.28. The van der Waals surface area contributed by atoms with Gasteiger partial charge in [-0.1, -0.05) is 18.9 Å². The van der Waals surface area contributed by atoms with E-state index in [0.717, 1.165) is 32.4 Å². The molecule has 1 aliphatic carbocycles. The molecule has 0 spiro atoms. The molecule has 2 rings (SSSR count). The minimum absolute atomic E-state index is 0.369. The van der Waals surface area contributed by atoms with Crippen LogP contribution in [0.25, 0.3) is 0 Å². The Morgan fingerprint density at radius 2 is 2.28 bits per heavy atom. The second kappa shape index (κ2) is 5.93. The highest BCUT2D eigenvalue weighted by Crippen LogP contribution is 2.27. The van der Waals surface area contributed by atoms with Gasteiger partial charge in [0.05, 0.1) is 6.54 Å². The van der Waals surface area contributed by atoms with Crippen LogP contribution < -0.4 is 0 Å². The second-order valence-electron chi connectivity index (χ2n) is 5.02. The maximum absolute atomic E-state index is 9.57. The van der Waals surface area contributed by atoms with Crippen LogP contribution in [0, 0.1) is 12.3 Å². The van der Waals surface area contributed by atoms with Crippen LogP contribution in [-0.2, 0) is 12.8 Å². The molecular weight excluding hydrogens is 222 g/mol. The van der Waals surface area contributed by atoms with Gasteiger partial charge in [-0.05, 0) is 55.5 Å². The zero-order valence-corrected chi connectivity index (χ0v) is 11.0. The van der Waals surface area contributed by atoms with E-state index in [0.29, 0.717) is 11.8 Å². The van der Waals surface area contributed by atoms with E-state index in [1.54, 1.807) is 6.07 Å². The van der Waals surface area contributed by atoms with E-state index in [2.05, 4.69) is 17.7 Å². The molecule has 0 aliphatic heterocycles. The summed E-state index contributed by atoms with van der Waals surface area (Å²) in [4.78, 5) is 2.40. The van der Waals surface area contributed by atoms with E-state index in [1.807, 2.05) is 12.1 Å². The number of nitrogens with zero attached hydrogens (tertiary/aromatic N) is 1. The SMILES string of the molecule is C#CCN(CCC)C1CCc2ccc(O)cc2C1. The van der Waals surface area contributed by atoms with Crippen molar-refractivity contribution in [2.75, 3.05) is 13.1 Å². The zero-order valence-electron chi connectivity index (χ0n) is 11.0. The fourth-order valence-corrected chi connectivity index (χ4v) is 2.83. The molecule has 0 aromatic heterocycles. The minimum Gasteiger partial charge on any atom is -0.508 e. The Balaban J connectivity index is 2.12. The Hall–Kier alpha value is -1.46. The van der Waals surface area contributed by atoms with Gasteiger partial charge in [-0.2, -0.15) is 0 Å². The van der Waals surface area contributed by atoms with Crippen LogP contribution in [0.15, 0.2) is 18.2 Å². The monoisotopic (exact) mass is 243 g/mol. The predicted molar refractivity (Wildman–Crippen MR) is 74.6 cm³/mol. The maximum Gasteiger partial charge on any atom is 0.115 e. The average Bonchev–Trinajstić information content (AvgIpc) is 2.37. The minimum atomic E-state index is 0.369. The first-order chi connectivity index (χ1) is 8.74.